The number of carboxylic acid groups (broad SMARTS) is 2. The molecule has 0 aromatic carbocycles. The number of halogens is 2. The fourth-order valence-corrected chi connectivity index (χ4v) is 1.10. The van der Waals surface area contributed by atoms with Gasteiger partial charge in [-0.3, -0.25) is 14.0 Å². The Kier molecular flexibility index (Phi) is 17.7. The summed E-state index contributed by atoms with van der Waals surface area (Å²) in [6.07, 6.45) is -1.78. The largest absolute Gasteiger partial charge is 0.522 e. The van der Waals surface area contributed by atoms with Gasteiger partial charge < -0.3 is 35.0 Å². The van der Waals surface area contributed by atoms with Crippen molar-refractivity contribution in [3.8, 4) is 0 Å². The van der Waals surface area contributed by atoms with Crippen molar-refractivity contribution in [2.75, 3.05) is 13.3 Å². The lowest BCUT2D eigenvalue weighted by Gasteiger charge is -2.18. The van der Waals surface area contributed by atoms with E-state index in [-0.39, 0.29) is 6.32 Å². The van der Waals surface area contributed by atoms with Gasteiger partial charge in [0, 0.05) is 13.8 Å². The predicted octanol–water partition coefficient (Wildman–Crippen LogP) is 2.02. The van der Waals surface area contributed by atoms with Gasteiger partial charge in [-0.2, -0.15) is 0 Å². The van der Waals surface area contributed by atoms with E-state index in [1.54, 1.807) is 34.6 Å². The van der Waals surface area contributed by atoms with Crippen molar-refractivity contribution in [2.45, 2.75) is 58.2 Å². The average Bonchev–Trinajstić information content (AvgIpc) is 2.58. The Morgan fingerprint density at radius 3 is 1.72 bits per heavy atom. The van der Waals surface area contributed by atoms with E-state index in [0.717, 1.165) is 7.28 Å². The Balaban J connectivity index is -0.000000427. The maximum Gasteiger partial charge on any atom is 0.522 e. The first-order chi connectivity index (χ1) is 14.4. The first-order valence-electron chi connectivity index (χ1n) is 8.99. The zero-order chi connectivity index (χ0) is 26.1. The minimum Gasteiger partial charge on any atom is -0.481 e. The molecule has 0 heterocycles. The Hall–Kier alpha value is -2.90. The standard InChI is InChI=1S/C10H17O5.C5H7BFO3.C3H6FNO2/c1-9(2,3)14-7(11)13-8(12)15-10(4,5)6;7-2-4(5(9)10)1-6-3-8;4-1-2(5)3(6)7/h1H2,2-6H3;3-4H,1-2H2,(H,9,10);2H,1,5H2,(H,6,7)/q+1;;. The van der Waals surface area contributed by atoms with Gasteiger partial charge in [0.2, 0.25) is 5.60 Å². The van der Waals surface area contributed by atoms with E-state index in [9.17, 15) is 32.8 Å². The molecule has 1 radical (unpaired) electrons. The SMILES string of the molecule is NC(CF)C(=O)O.O=C[B]CC(CF)C(=O)O.[CH2+]C(C)(C)OC(=O)OC(=O)OC(C)(C)C. The van der Waals surface area contributed by atoms with Gasteiger partial charge in [0.25, 0.3) is 0 Å². The van der Waals surface area contributed by atoms with E-state index in [1.165, 1.54) is 0 Å². The lowest BCUT2D eigenvalue weighted by atomic mass is 9.72. The van der Waals surface area contributed by atoms with Crippen molar-refractivity contribution in [3.63, 3.8) is 0 Å². The summed E-state index contributed by atoms with van der Waals surface area (Å²) >= 11 is 0. The zero-order valence-electron chi connectivity index (χ0n) is 18.6. The maximum absolute atomic E-state index is 11.7. The van der Waals surface area contributed by atoms with Gasteiger partial charge in [-0.25, -0.2) is 14.0 Å². The van der Waals surface area contributed by atoms with Gasteiger partial charge in [-0.15, -0.1) is 0 Å². The van der Waals surface area contributed by atoms with E-state index < -0.39 is 60.8 Å². The predicted molar refractivity (Wildman–Crippen MR) is 109 cm³/mol. The molecule has 0 aliphatic rings. The molecule has 2 unspecified atom stereocenters. The Morgan fingerprint density at radius 1 is 1.00 bits per heavy atom. The molecule has 0 amide bonds. The fraction of sp³-hybridized carbons (Fsp3) is 0.667. The van der Waals surface area contributed by atoms with E-state index >= 15 is 0 Å². The van der Waals surface area contributed by atoms with Crippen LogP contribution in [0.15, 0.2) is 0 Å². The molecule has 0 spiro atoms. The van der Waals surface area contributed by atoms with Gasteiger partial charge in [0.1, 0.15) is 31.9 Å². The van der Waals surface area contributed by atoms with Crippen LogP contribution in [0.25, 0.3) is 0 Å². The Labute approximate surface area is 185 Å². The minimum atomic E-state index is -1.35. The summed E-state index contributed by atoms with van der Waals surface area (Å²) in [6.45, 7) is 9.67. The number of carbonyl (C=O) groups is 5. The molecule has 2 atom stereocenters. The van der Waals surface area contributed by atoms with Crippen LogP contribution in [0.1, 0.15) is 34.6 Å². The van der Waals surface area contributed by atoms with Crippen LogP contribution in [0, 0.1) is 12.8 Å². The second-order valence-corrected chi connectivity index (χ2v) is 7.57. The van der Waals surface area contributed by atoms with Crippen LogP contribution in [-0.4, -0.2) is 78.5 Å². The summed E-state index contributed by atoms with van der Waals surface area (Å²) < 4.78 is 36.5. The zero-order valence-corrected chi connectivity index (χ0v) is 18.6. The molecule has 0 saturated heterocycles. The van der Waals surface area contributed by atoms with Crippen molar-refractivity contribution < 1.29 is 57.2 Å². The van der Waals surface area contributed by atoms with Crippen molar-refractivity contribution in [1.29, 1.82) is 0 Å². The third-order valence-corrected chi connectivity index (χ3v) is 2.45. The van der Waals surface area contributed by atoms with E-state index in [2.05, 4.69) is 22.1 Å². The second kappa shape index (κ2) is 16.8. The lowest BCUT2D eigenvalue weighted by Crippen LogP contribution is -2.31. The Morgan fingerprint density at radius 2 is 1.47 bits per heavy atom. The molecule has 14 heteroatoms. The smallest absolute Gasteiger partial charge is 0.481 e. The van der Waals surface area contributed by atoms with Crippen LogP contribution in [0.2, 0.25) is 6.32 Å². The van der Waals surface area contributed by atoms with Crippen LogP contribution in [-0.2, 0) is 28.6 Å². The fourth-order valence-electron chi connectivity index (χ4n) is 1.10. The molecular formula is C18H30BF2NO10+. The minimum absolute atomic E-state index is 0.0324. The van der Waals surface area contributed by atoms with Gasteiger partial charge in [-0.05, 0) is 20.8 Å². The number of rotatable bonds is 8. The average molecular weight is 469 g/mol. The van der Waals surface area contributed by atoms with Crippen LogP contribution in [0.4, 0.5) is 18.4 Å². The molecule has 183 valence electrons. The summed E-state index contributed by atoms with van der Waals surface area (Å²) in [5.41, 5.74) is 2.98. The Bertz CT molecular complexity index is 580. The van der Waals surface area contributed by atoms with Gasteiger partial charge >= 0.3 is 24.2 Å². The molecular weight excluding hydrogens is 439 g/mol. The highest BCUT2D eigenvalue weighted by atomic mass is 19.1. The normalized spacial score (nSPS) is 12.2. The number of carboxylic acids is 2. The van der Waals surface area contributed by atoms with Gasteiger partial charge in [-0.1, -0.05) is 6.32 Å². The summed E-state index contributed by atoms with van der Waals surface area (Å²) in [5, 5.41) is 16.0. The highest BCUT2D eigenvalue weighted by molar-refractivity contribution is 6.66. The van der Waals surface area contributed by atoms with Gasteiger partial charge in [0.15, 0.2) is 7.28 Å². The molecule has 4 N–H and O–H groups in total. The molecule has 0 rings (SSSR count). The highest BCUT2D eigenvalue weighted by Crippen LogP contribution is 2.11. The molecule has 0 aliphatic carbocycles. The summed E-state index contributed by atoms with van der Waals surface area (Å²) in [6, 6.07) is -1.35. The van der Waals surface area contributed by atoms with Gasteiger partial charge in [0.05, 0.1) is 12.1 Å². The van der Waals surface area contributed by atoms with E-state index in [4.69, 9.17) is 14.9 Å². The van der Waals surface area contributed by atoms with Crippen LogP contribution in [0.5, 0.6) is 0 Å². The number of carbonyl (C=O) groups excluding carboxylic acids is 3. The summed E-state index contributed by atoms with van der Waals surface area (Å²) in [4.78, 5) is 51.3. The molecule has 0 saturated carbocycles. The molecule has 11 nitrogen and oxygen atoms in total. The quantitative estimate of drug-likeness (QED) is 0.156. The first kappa shape index (κ1) is 33.7. The first-order valence-corrected chi connectivity index (χ1v) is 8.99. The van der Waals surface area contributed by atoms with Crippen LogP contribution < -0.4 is 5.73 Å². The number of ether oxygens (including phenoxy) is 3. The lowest BCUT2D eigenvalue weighted by molar-refractivity contribution is -0.141. The van der Waals surface area contributed by atoms with Crippen molar-refractivity contribution >= 4 is 37.7 Å². The second-order valence-electron chi connectivity index (χ2n) is 7.57. The van der Waals surface area contributed by atoms with Crippen molar-refractivity contribution in [3.05, 3.63) is 6.92 Å². The summed E-state index contributed by atoms with van der Waals surface area (Å²) in [7, 11) is 1.10. The maximum atomic E-state index is 11.7. The molecule has 32 heavy (non-hydrogen) atoms. The van der Waals surface area contributed by atoms with Crippen molar-refractivity contribution in [1.82, 2.24) is 0 Å². The molecule has 0 bridgehead atoms. The monoisotopic (exact) mass is 469 g/mol. The molecule has 0 fully saturated rings. The molecule has 0 aliphatic heterocycles. The molecule has 0 aromatic rings. The number of hydrogen-bond donors (Lipinski definition) is 3. The van der Waals surface area contributed by atoms with Crippen LogP contribution in [0.3, 0.4) is 0 Å². The van der Waals surface area contributed by atoms with Crippen molar-refractivity contribution in [2.24, 2.45) is 11.7 Å². The van der Waals surface area contributed by atoms with E-state index in [1.807, 2.05) is 0 Å². The molecule has 0 aromatic heterocycles. The number of nitrogens with two attached hydrogens (primary N) is 1. The van der Waals surface area contributed by atoms with Crippen LogP contribution >= 0.6 is 0 Å². The third-order valence-electron chi connectivity index (χ3n) is 2.45. The number of alkyl halides is 2. The topological polar surface area (TPSA) is 180 Å². The highest BCUT2D eigenvalue weighted by Gasteiger charge is 2.28. The van der Waals surface area contributed by atoms with E-state index in [0.29, 0.717) is 6.19 Å². The third kappa shape index (κ3) is 25.1. The number of hydrogen-bond acceptors (Lipinski definition) is 9. The summed E-state index contributed by atoms with van der Waals surface area (Å²) in [5.74, 6) is -3.58. The number of aliphatic carboxylic acids is 2.